The van der Waals surface area contributed by atoms with E-state index in [1.54, 1.807) is 0 Å². The molecule has 4 heteroatoms. The second-order valence-corrected chi connectivity index (χ2v) is 5.03. The van der Waals surface area contributed by atoms with Crippen LogP contribution in [0, 0.1) is 0 Å². The minimum absolute atomic E-state index is 0.0749. The summed E-state index contributed by atoms with van der Waals surface area (Å²) in [5, 5.41) is 3.26. The van der Waals surface area contributed by atoms with Crippen LogP contribution >= 0.6 is 11.8 Å². The molecule has 0 aliphatic carbocycles. The number of carbonyl (C=O) groups excluding carboxylic acids is 1. The normalized spacial score (nSPS) is 22.7. The van der Waals surface area contributed by atoms with Gasteiger partial charge in [-0.1, -0.05) is 6.92 Å². The van der Waals surface area contributed by atoms with Crippen molar-refractivity contribution in [1.82, 2.24) is 10.2 Å². The Kier molecular flexibility index (Phi) is 5.47. The smallest absolute Gasteiger partial charge is 0.239 e. The zero-order valence-corrected chi connectivity index (χ0v) is 10.8. The van der Waals surface area contributed by atoms with Crippen LogP contribution in [0.15, 0.2) is 0 Å². The quantitative estimate of drug-likeness (QED) is 0.773. The van der Waals surface area contributed by atoms with Crippen molar-refractivity contribution in [1.29, 1.82) is 0 Å². The van der Waals surface area contributed by atoms with Crippen LogP contribution in [0.5, 0.6) is 0 Å². The van der Waals surface area contributed by atoms with Gasteiger partial charge in [-0.3, -0.25) is 4.79 Å². The second kappa shape index (κ2) is 6.38. The Bertz CT molecular complexity index is 205. The summed E-state index contributed by atoms with van der Waals surface area (Å²) in [6, 6.07) is 0.459. The molecule has 0 aromatic heterocycles. The SMILES string of the molecule is CCC(CSC)N(C)C(=O)[C@@H]1CCCN1. The van der Waals surface area contributed by atoms with E-state index in [1.165, 1.54) is 0 Å². The topological polar surface area (TPSA) is 32.3 Å². The van der Waals surface area contributed by atoms with Crippen molar-refractivity contribution in [3.05, 3.63) is 0 Å². The van der Waals surface area contributed by atoms with Crippen LogP contribution < -0.4 is 5.32 Å². The van der Waals surface area contributed by atoms with Gasteiger partial charge >= 0.3 is 0 Å². The third-order valence-electron chi connectivity index (χ3n) is 3.08. The third-order valence-corrected chi connectivity index (χ3v) is 3.80. The maximum absolute atomic E-state index is 12.1. The maximum Gasteiger partial charge on any atom is 0.239 e. The molecule has 3 nitrogen and oxygen atoms in total. The molecule has 1 fully saturated rings. The first kappa shape index (κ1) is 12.8. The average Bonchev–Trinajstić information content (AvgIpc) is 2.77. The van der Waals surface area contributed by atoms with Crippen LogP contribution in [0.1, 0.15) is 26.2 Å². The first-order valence-electron chi connectivity index (χ1n) is 5.69. The van der Waals surface area contributed by atoms with E-state index < -0.39 is 0 Å². The van der Waals surface area contributed by atoms with Gasteiger partial charge < -0.3 is 10.2 Å². The summed E-state index contributed by atoms with van der Waals surface area (Å²) < 4.78 is 0. The van der Waals surface area contributed by atoms with Crippen molar-refractivity contribution in [2.24, 2.45) is 0 Å². The standard InChI is InChI=1S/C11H22N2OS/c1-4-9(8-15-3)13(2)11(14)10-6-5-7-12-10/h9-10,12H,4-8H2,1-3H3/t9?,10-/m0/s1. The molecule has 0 aromatic rings. The fourth-order valence-electron chi connectivity index (χ4n) is 2.02. The van der Waals surface area contributed by atoms with E-state index in [2.05, 4.69) is 18.5 Å². The van der Waals surface area contributed by atoms with Gasteiger partial charge in [0, 0.05) is 18.8 Å². The van der Waals surface area contributed by atoms with Gasteiger partial charge in [-0.05, 0) is 32.1 Å². The lowest BCUT2D eigenvalue weighted by Crippen LogP contribution is -2.47. The van der Waals surface area contributed by atoms with Gasteiger partial charge in [-0.15, -0.1) is 0 Å². The molecule has 1 N–H and O–H groups in total. The number of hydrogen-bond acceptors (Lipinski definition) is 3. The summed E-state index contributed by atoms with van der Waals surface area (Å²) in [5.74, 6) is 1.30. The molecule has 1 aliphatic heterocycles. The second-order valence-electron chi connectivity index (χ2n) is 4.12. The highest BCUT2D eigenvalue weighted by Gasteiger charge is 2.27. The summed E-state index contributed by atoms with van der Waals surface area (Å²) in [6.45, 7) is 3.14. The zero-order valence-electron chi connectivity index (χ0n) is 9.95. The number of amides is 1. The molecular formula is C11H22N2OS. The Hall–Kier alpha value is -0.220. The maximum atomic E-state index is 12.1. The summed E-state index contributed by atoms with van der Waals surface area (Å²) in [6.07, 6.45) is 5.26. The van der Waals surface area contributed by atoms with Crippen molar-refractivity contribution < 1.29 is 4.79 Å². The molecule has 0 aromatic carbocycles. The third kappa shape index (κ3) is 3.38. The molecule has 1 rings (SSSR count). The highest BCUT2D eigenvalue weighted by Crippen LogP contribution is 2.13. The molecule has 2 atom stereocenters. The minimum Gasteiger partial charge on any atom is -0.341 e. The van der Waals surface area contributed by atoms with E-state index in [0.717, 1.165) is 31.6 Å². The van der Waals surface area contributed by atoms with Crippen LogP contribution in [0.2, 0.25) is 0 Å². The molecule has 1 unspecified atom stereocenters. The molecule has 0 bridgehead atoms. The summed E-state index contributed by atoms with van der Waals surface area (Å²) in [4.78, 5) is 14.0. The Morgan fingerprint density at radius 2 is 2.40 bits per heavy atom. The first-order chi connectivity index (χ1) is 7.20. The molecule has 0 spiro atoms. The number of nitrogens with zero attached hydrogens (tertiary/aromatic N) is 1. The molecule has 0 radical (unpaired) electrons. The summed E-state index contributed by atoms with van der Waals surface area (Å²) >= 11 is 1.81. The first-order valence-corrected chi connectivity index (χ1v) is 7.09. The zero-order chi connectivity index (χ0) is 11.3. The number of likely N-dealkylation sites (N-methyl/N-ethyl adjacent to an activating group) is 1. The molecule has 15 heavy (non-hydrogen) atoms. The minimum atomic E-state index is 0.0749. The van der Waals surface area contributed by atoms with Crippen LogP contribution in [0.25, 0.3) is 0 Å². The van der Waals surface area contributed by atoms with Gasteiger partial charge in [0.05, 0.1) is 6.04 Å². The van der Waals surface area contributed by atoms with E-state index in [9.17, 15) is 4.79 Å². The van der Waals surface area contributed by atoms with Crippen molar-refractivity contribution in [2.75, 3.05) is 25.6 Å². The molecule has 1 heterocycles. The highest BCUT2D eigenvalue weighted by atomic mass is 32.2. The number of nitrogens with one attached hydrogen (secondary N) is 1. The molecule has 0 saturated carbocycles. The van der Waals surface area contributed by atoms with E-state index >= 15 is 0 Å². The predicted molar refractivity (Wildman–Crippen MR) is 66.3 cm³/mol. The fraction of sp³-hybridized carbons (Fsp3) is 0.909. The van der Waals surface area contributed by atoms with Crippen LogP contribution in [0.4, 0.5) is 0 Å². The summed E-state index contributed by atoms with van der Waals surface area (Å²) in [5.41, 5.74) is 0. The fourth-order valence-corrected chi connectivity index (χ4v) is 2.86. The summed E-state index contributed by atoms with van der Waals surface area (Å²) in [7, 11) is 1.94. The number of hydrogen-bond donors (Lipinski definition) is 1. The Morgan fingerprint density at radius 1 is 1.67 bits per heavy atom. The molecule has 1 saturated heterocycles. The van der Waals surface area contributed by atoms with Crippen molar-refractivity contribution in [3.63, 3.8) is 0 Å². The molecule has 1 aliphatic rings. The predicted octanol–water partition coefficient (Wildman–Crippen LogP) is 1.34. The van der Waals surface area contributed by atoms with Crippen molar-refractivity contribution >= 4 is 17.7 Å². The van der Waals surface area contributed by atoms with Gasteiger partial charge in [0.15, 0.2) is 0 Å². The molecule has 1 amide bonds. The average molecular weight is 230 g/mol. The number of rotatable bonds is 5. The molecule has 88 valence electrons. The number of thioether (sulfide) groups is 1. The highest BCUT2D eigenvalue weighted by molar-refractivity contribution is 7.98. The monoisotopic (exact) mass is 230 g/mol. The van der Waals surface area contributed by atoms with Gasteiger partial charge in [-0.25, -0.2) is 0 Å². The van der Waals surface area contributed by atoms with E-state index in [0.29, 0.717) is 6.04 Å². The lowest BCUT2D eigenvalue weighted by molar-refractivity contribution is -0.133. The molecular weight excluding hydrogens is 208 g/mol. The van der Waals surface area contributed by atoms with Crippen molar-refractivity contribution in [3.8, 4) is 0 Å². The van der Waals surface area contributed by atoms with Gasteiger partial charge in [0.2, 0.25) is 5.91 Å². The van der Waals surface area contributed by atoms with Gasteiger partial charge in [-0.2, -0.15) is 11.8 Å². The van der Waals surface area contributed by atoms with E-state index in [-0.39, 0.29) is 11.9 Å². The Labute approximate surface area is 97.0 Å². The Balaban J connectivity index is 2.48. The van der Waals surface area contributed by atoms with Gasteiger partial charge in [0.1, 0.15) is 0 Å². The van der Waals surface area contributed by atoms with E-state index in [4.69, 9.17) is 0 Å². The Morgan fingerprint density at radius 3 is 2.87 bits per heavy atom. The van der Waals surface area contributed by atoms with Crippen LogP contribution in [0.3, 0.4) is 0 Å². The number of carbonyl (C=O) groups is 1. The largest absolute Gasteiger partial charge is 0.341 e. The lowest BCUT2D eigenvalue weighted by atomic mass is 10.1. The van der Waals surface area contributed by atoms with Crippen LogP contribution in [-0.4, -0.2) is 48.5 Å². The van der Waals surface area contributed by atoms with Crippen molar-refractivity contribution in [2.45, 2.75) is 38.3 Å². The van der Waals surface area contributed by atoms with E-state index in [1.807, 2.05) is 23.7 Å². The van der Waals surface area contributed by atoms with Gasteiger partial charge in [0.25, 0.3) is 0 Å². The lowest BCUT2D eigenvalue weighted by Gasteiger charge is -2.29. The van der Waals surface area contributed by atoms with Crippen LogP contribution in [-0.2, 0) is 4.79 Å².